The summed E-state index contributed by atoms with van der Waals surface area (Å²) < 4.78 is 8.40. The molecule has 1 heterocycles. The number of aromatic nitrogens is 1. The summed E-state index contributed by atoms with van der Waals surface area (Å²) in [6.45, 7) is 0. The lowest BCUT2D eigenvalue weighted by atomic mass is 11.1. The van der Waals surface area contributed by atoms with Gasteiger partial charge >= 0.3 is 0 Å². The maximum Gasteiger partial charge on any atom is 0.116 e. The molecule has 0 aliphatic heterocycles. The van der Waals surface area contributed by atoms with Gasteiger partial charge in [-0.05, 0) is 0 Å². The Kier molecular flexibility index (Phi) is 1.01. The van der Waals surface area contributed by atoms with Crippen LogP contribution in [0, 0.1) is 6.20 Å². The largest absolute Gasteiger partial charge is 0.204 e. The highest BCUT2D eigenvalue weighted by molar-refractivity contribution is 7.00. The number of hydrogen-bond acceptors (Lipinski definition) is 3. The van der Waals surface area contributed by atoms with Crippen LogP contribution in [0.5, 0.6) is 0 Å². The lowest BCUT2D eigenvalue weighted by molar-refractivity contribution is 0.0299. The van der Waals surface area contributed by atoms with E-state index in [2.05, 4.69) is 20.0 Å². The van der Waals surface area contributed by atoms with Gasteiger partial charge in [-0.3, -0.25) is 0 Å². The third-order valence-electron chi connectivity index (χ3n) is 0.281. The van der Waals surface area contributed by atoms with E-state index in [4.69, 9.17) is 0 Å². The van der Waals surface area contributed by atoms with Gasteiger partial charge in [-0.15, -0.1) is 0 Å². The molecule has 0 bridgehead atoms. The van der Waals surface area contributed by atoms with Crippen molar-refractivity contribution in [2.75, 3.05) is 0 Å². The minimum absolute atomic E-state index is 1.07. The predicted molar refractivity (Wildman–Crippen MR) is 19.7 cm³/mol. The number of hydrogen-bond donors (Lipinski definition) is 1. The van der Waals surface area contributed by atoms with Crippen LogP contribution in [0.3, 0.4) is 0 Å². The van der Waals surface area contributed by atoms with Crippen molar-refractivity contribution in [1.29, 1.82) is 0 Å². The summed E-state index contributed by atoms with van der Waals surface area (Å²) in [6, 6.07) is 0. The molecule has 0 amide bonds. The summed E-state index contributed by atoms with van der Waals surface area (Å²) in [4.78, 5) is 0. The topological polar surface area (TPSA) is 42.1 Å². The van der Waals surface area contributed by atoms with Gasteiger partial charge in [-0.25, -0.2) is 4.01 Å². The standard InChI is InChI=1S/C2H2NO2S/c1-2-6-5-4-3-1/h2-3H. The van der Waals surface area contributed by atoms with Crippen molar-refractivity contribution >= 4 is 11.6 Å². The SMILES string of the molecule is [c]1csoo[nH]1. The molecule has 4 heteroatoms. The highest BCUT2D eigenvalue weighted by Gasteiger charge is 1.61. The molecule has 0 saturated carbocycles. The Morgan fingerprint density at radius 1 is 1.83 bits per heavy atom. The first-order chi connectivity index (χ1) is 3.00. The molecule has 1 aromatic heterocycles. The van der Waals surface area contributed by atoms with Gasteiger partial charge < -0.3 is 0 Å². The Morgan fingerprint density at radius 3 is 3.00 bits per heavy atom. The molecule has 0 saturated heterocycles. The third-order valence-corrected chi connectivity index (χ3v) is 0.642. The molecular weight excluding hydrogens is 102 g/mol. The normalized spacial score (nSPS) is 8.00. The summed E-state index contributed by atoms with van der Waals surface area (Å²) in [5.41, 5.74) is 0. The second kappa shape index (κ2) is 1.71. The van der Waals surface area contributed by atoms with Gasteiger partial charge in [-0.2, -0.15) is 9.84 Å². The Morgan fingerprint density at radius 2 is 2.83 bits per heavy atom. The fourth-order valence-corrected chi connectivity index (χ4v) is 0.337. The summed E-state index contributed by atoms with van der Waals surface area (Å²) >= 11 is 1.07. The van der Waals surface area contributed by atoms with Gasteiger partial charge in [-0.1, -0.05) is 0 Å². The van der Waals surface area contributed by atoms with E-state index in [1.54, 1.807) is 5.38 Å². The Balaban J connectivity index is 3.00. The van der Waals surface area contributed by atoms with Gasteiger partial charge in [0.15, 0.2) is 0 Å². The molecule has 1 radical (unpaired) electrons. The number of rotatable bonds is 0. The maximum atomic E-state index is 4.26. The van der Waals surface area contributed by atoms with E-state index < -0.39 is 0 Å². The molecule has 1 N–H and O–H groups in total. The molecule has 0 aliphatic rings. The van der Waals surface area contributed by atoms with E-state index >= 15 is 0 Å². The van der Waals surface area contributed by atoms with E-state index in [1.165, 1.54) is 0 Å². The van der Waals surface area contributed by atoms with Gasteiger partial charge in [0.1, 0.15) is 6.20 Å². The predicted octanol–water partition coefficient (Wildman–Crippen LogP) is 1.19. The number of H-pyrrole nitrogens is 1. The first-order valence-electron chi connectivity index (χ1n) is 1.31. The molecule has 33 valence electrons. The fourth-order valence-electron chi connectivity index (χ4n) is 0.128. The van der Waals surface area contributed by atoms with Crippen molar-refractivity contribution < 1.29 is 8.69 Å². The van der Waals surface area contributed by atoms with Crippen LogP contribution in [0.2, 0.25) is 0 Å². The zero-order chi connectivity index (χ0) is 4.24. The van der Waals surface area contributed by atoms with Crippen LogP contribution < -0.4 is 0 Å². The summed E-state index contributed by atoms with van der Waals surface area (Å²) in [6.07, 6.45) is 2.53. The fraction of sp³-hybridized carbons (Fsp3) is 0. The van der Waals surface area contributed by atoms with Crippen molar-refractivity contribution in [2.24, 2.45) is 0 Å². The minimum Gasteiger partial charge on any atom is -0.204 e. The number of nitrogens with one attached hydrogen (secondary N) is 1. The Labute approximate surface area is 38.0 Å². The van der Waals surface area contributed by atoms with Crippen molar-refractivity contribution in [3.63, 3.8) is 0 Å². The van der Waals surface area contributed by atoms with Crippen LogP contribution in [-0.2, 0) is 0 Å². The summed E-state index contributed by atoms with van der Waals surface area (Å²) in [7, 11) is 0. The van der Waals surface area contributed by atoms with E-state index in [1.807, 2.05) is 0 Å². The molecule has 0 unspecified atom stereocenters. The van der Waals surface area contributed by atoms with Crippen molar-refractivity contribution in [3.8, 4) is 0 Å². The third kappa shape index (κ3) is 0.651. The van der Waals surface area contributed by atoms with E-state index in [9.17, 15) is 0 Å². The van der Waals surface area contributed by atoms with Crippen LogP contribution in [0.25, 0.3) is 0 Å². The lowest BCUT2D eigenvalue weighted by Gasteiger charge is -1.70. The maximum absolute atomic E-state index is 4.26. The zero-order valence-electron chi connectivity index (χ0n) is 2.80. The number of aromatic amines is 1. The van der Waals surface area contributed by atoms with Crippen molar-refractivity contribution in [1.82, 2.24) is 5.16 Å². The molecule has 0 fully saturated rings. The summed E-state index contributed by atoms with van der Waals surface area (Å²) in [5, 5.41) is 3.84. The molecule has 0 atom stereocenters. The second-order valence-electron chi connectivity index (χ2n) is 0.612. The van der Waals surface area contributed by atoms with Gasteiger partial charge in [0.2, 0.25) is 0 Å². The smallest absolute Gasteiger partial charge is 0.116 e. The van der Waals surface area contributed by atoms with Crippen LogP contribution in [0.4, 0.5) is 0 Å². The first kappa shape index (κ1) is 3.55. The monoisotopic (exact) mass is 104 g/mol. The van der Waals surface area contributed by atoms with Crippen LogP contribution in [0.15, 0.2) is 14.1 Å². The molecule has 1 aromatic rings. The molecule has 0 spiro atoms. The van der Waals surface area contributed by atoms with Crippen molar-refractivity contribution in [3.05, 3.63) is 11.6 Å². The highest BCUT2D eigenvalue weighted by Crippen LogP contribution is 1.85. The van der Waals surface area contributed by atoms with E-state index in [0.717, 1.165) is 11.6 Å². The van der Waals surface area contributed by atoms with Gasteiger partial charge in [0.05, 0.1) is 17.0 Å². The average Bonchev–Trinajstić information content (AvgIpc) is 1.72. The molecule has 1 rings (SSSR count). The quantitative estimate of drug-likeness (QED) is 0.502. The minimum atomic E-state index is 1.07. The Bertz CT molecular complexity index is 83.5. The molecular formula is C2H2NO2S. The first-order valence-corrected chi connectivity index (χ1v) is 2.12. The van der Waals surface area contributed by atoms with E-state index in [0.29, 0.717) is 0 Å². The van der Waals surface area contributed by atoms with E-state index in [-0.39, 0.29) is 0 Å². The van der Waals surface area contributed by atoms with Crippen molar-refractivity contribution in [2.45, 2.75) is 0 Å². The molecule has 0 aromatic carbocycles. The highest BCUT2D eigenvalue weighted by atomic mass is 32.1. The average molecular weight is 104 g/mol. The summed E-state index contributed by atoms with van der Waals surface area (Å²) in [5.74, 6) is 0. The second-order valence-corrected chi connectivity index (χ2v) is 1.18. The van der Waals surface area contributed by atoms with Gasteiger partial charge in [0, 0.05) is 0 Å². The van der Waals surface area contributed by atoms with Crippen LogP contribution in [0.1, 0.15) is 0 Å². The van der Waals surface area contributed by atoms with Crippen LogP contribution >= 0.6 is 11.6 Å². The molecule has 3 nitrogen and oxygen atoms in total. The van der Waals surface area contributed by atoms with Gasteiger partial charge in [0.25, 0.3) is 0 Å². The zero-order valence-corrected chi connectivity index (χ0v) is 3.62. The molecule has 0 aliphatic carbocycles. The van der Waals surface area contributed by atoms with Crippen LogP contribution in [-0.4, -0.2) is 5.16 Å². The lowest BCUT2D eigenvalue weighted by Crippen LogP contribution is -1.56. The Hall–Kier alpha value is -0.640. The molecule has 6 heavy (non-hydrogen) atoms.